The largest absolute Gasteiger partial charge is 0.460 e. The lowest BCUT2D eigenvalue weighted by Crippen LogP contribution is -2.21. The van der Waals surface area contributed by atoms with Gasteiger partial charge in [-0.15, -0.1) is 0 Å². The van der Waals surface area contributed by atoms with Crippen molar-refractivity contribution in [3.63, 3.8) is 0 Å². The van der Waals surface area contributed by atoms with Gasteiger partial charge in [0.2, 0.25) is 0 Å². The highest BCUT2D eigenvalue weighted by molar-refractivity contribution is 7.90. The van der Waals surface area contributed by atoms with Gasteiger partial charge in [0.1, 0.15) is 16.4 Å². The minimum absolute atomic E-state index is 0.0791. The SMILES string of the molecule is Cc1ccc(C)c(C(=O)C2=CC(S(=O)(=O)O)=C(Oc3ccc(S(=O)(=O)O)cc3)C(C)C2)c1. The molecule has 1 unspecified atom stereocenters. The fourth-order valence-corrected chi connectivity index (χ4v) is 4.69. The summed E-state index contributed by atoms with van der Waals surface area (Å²) in [4.78, 5) is 12.2. The molecule has 0 saturated carbocycles. The number of hydrogen-bond donors (Lipinski definition) is 2. The monoisotopic (exact) mass is 478 g/mol. The van der Waals surface area contributed by atoms with Crippen molar-refractivity contribution in [1.29, 1.82) is 0 Å². The van der Waals surface area contributed by atoms with E-state index in [1.807, 2.05) is 13.0 Å². The molecule has 1 aliphatic carbocycles. The van der Waals surface area contributed by atoms with Crippen LogP contribution >= 0.6 is 0 Å². The predicted octanol–water partition coefficient (Wildman–Crippen LogP) is 3.88. The molecule has 2 aromatic rings. The van der Waals surface area contributed by atoms with Gasteiger partial charge in [-0.2, -0.15) is 16.8 Å². The van der Waals surface area contributed by atoms with Crippen molar-refractivity contribution < 1.29 is 35.5 Å². The first-order valence-corrected chi connectivity index (χ1v) is 12.4. The van der Waals surface area contributed by atoms with Crippen LogP contribution in [-0.4, -0.2) is 31.7 Å². The molecule has 0 fully saturated rings. The molecule has 10 heteroatoms. The van der Waals surface area contributed by atoms with Crippen LogP contribution in [0.15, 0.2) is 69.7 Å². The van der Waals surface area contributed by atoms with Gasteiger partial charge in [-0.25, -0.2) is 0 Å². The molecule has 0 spiro atoms. The quantitative estimate of drug-likeness (QED) is 0.472. The van der Waals surface area contributed by atoms with E-state index < -0.39 is 31.1 Å². The molecule has 170 valence electrons. The smallest absolute Gasteiger partial charge is 0.297 e. The van der Waals surface area contributed by atoms with Gasteiger partial charge in [0.05, 0.1) is 4.90 Å². The van der Waals surface area contributed by atoms with Crippen LogP contribution in [0.3, 0.4) is 0 Å². The highest BCUT2D eigenvalue weighted by Crippen LogP contribution is 2.35. The highest BCUT2D eigenvalue weighted by atomic mass is 32.2. The number of benzene rings is 2. The van der Waals surface area contributed by atoms with Crippen molar-refractivity contribution in [3.8, 4) is 5.75 Å². The molecule has 8 nitrogen and oxygen atoms in total. The third-order valence-electron chi connectivity index (χ3n) is 5.08. The number of ketones is 1. The molecule has 32 heavy (non-hydrogen) atoms. The third-order valence-corrected chi connectivity index (χ3v) is 6.82. The van der Waals surface area contributed by atoms with Gasteiger partial charge < -0.3 is 4.74 Å². The number of rotatable bonds is 6. The number of hydrogen-bond acceptors (Lipinski definition) is 6. The van der Waals surface area contributed by atoms with Crippen molar-refractivity contribution in [3.05, 3.63) is 81.5 Å². The Morgan fingerprint density at radius 1 is 0.969 bits per heavy atom. The number of carbonyl (C=O) groups is 1. The van der Waals surface area contributed by atoms with Crippen LogP contribution in [-0.2, 0) is 20.2 Å². The van der Waals surface area contributed by atoms with E-state index in [1.54, 1.807) is 26.0 Å². The molecule has 3 rings (SSSR count). The van der Waals surface area contributed by atoms with E-state index in [0.717, 1.165) is 29.3 Å². The van der Waals surface area contributed by atoms with Crippen LogP contribution in [0.1, 0.15) is 34.8 Å². The fourth-order valence-electron chi connectivity index (χ4n) is 3.42. The average Bonchev–Trinajstić information content (AvgIpc) is 2.69. The molecular formula is C22H22O8S2. The Morgan fingerprint density at radius 2 is 1.59 bits per heavy atom. The number of carbonyl (C=O) groups excluding carboxylic acids is 1. The van der Waals surface area contributed by atoms with Crippen LogP contribution in [0.4, 0.5) is 0 Å². The van der Waals surface area contributed by atoms with E-state index in [2.05, 4.69) is 0 Å². The molecule has 2 aromatic carbocycles. The Hall–Kier alpha value is -2.79. The highest BCUT2D eigenvalue weighted by Gasteiger charge is 2.32. The molecule has 2 N–H and O–H groups in total. The second-order valence-electron chi connectivity index (χ2n) is 7.67. The second-order valence-corrected chi connectivity index (χ2v) is 10.5. The summed E-state index contributed by atoms with van der Waals surface area (Å²) in [6.07, 6.45) is 1.28. The zero-order valence-electron chi connectivity index (χ0n) is 17.6. The molecule has 0 amide bonds. The summed E-state index contributed by atoms with van der Waals surface area (Å²) >= 11 is 0. The lowest BCUT2D eigenvalue weighted by atomic mass is 9.87. The molecule has 0 aromatic heterocycles. The normalized spacial score (nSPS) is 17.2. The first kappa shape index (κ1) is 23.9. The van der Waals surface area contributed by atoms with Gasteiger partial charge in [-0.1, -0.05) is 24.6 Å². The predicted molar refractivity (Wildman–Crippen MR) is 118 cm³/mol. The van der Waals surface area contributed by atoms with E-state index in [0.29, 0.717) is 5.56 Å². The van der Waals surface area contributed by atoms with E-state index in [4.69, 9.17) is 9.29 Å². The zero-order valence-corrected chi connectivity index (χ0v) is 19.2. The Labute approximate surface area is 186 Å². The maximum absolute atomic E-state index is 13.1. The average molecular weight is 479 g/mol. The van der Waals surface area contributed by atoms with Gasteiger partial charge in [0.25, 0.3) is 20.2 Å². The summed E-state index contributed by atoms with van der Waals surface area (Å²) in [6, 6.07) is 10.1. The summed E-state index contributed by atoms with van der Waals surface area (Å²) in [7, 11) is -9.13. The van der Waals surface area contributed by atoms with E-state index in [9.17, 15) is 26.2 Å². The molecule has 1 atom stereocenters. The number of ether oxygens (including phenoxy) is 1. The van der Waals surface area contributed by atoms with Gasteiger partial charge >= 0.3 is 0 Å². The van der Waals surface area contributed by atoms with Crippen LogP contribution in [0, 0.1) is 19.8 Å². The second kappa shape index (κ2) is 8.62. The fraction of sp³-hybridized carbons (Fsp3) is 0.227. The van der Waals surface area contributed by atoms with Crippen molar-refractivity contribution in [2.24, 2.45) is 5.92 Å². The zero-order chi connectivity index (χ0) is 23.8. The van der Waals surface area contributed by atoms with Gasteiger partial charge in [0.15, 0.2) is 5.78 Å². The molecule has 0 saturated heterocycles. The van der Waals surface area contributed by atoms with Crippen molar-refractivity contribution in [2.75, 3.05) is 0 Å². The van der Waals surface area contributed by atoms with E-state index >= 15 is 0 Å². The summed E-state index contributed by atoms with van der Waals surface area (Å²) in [5.74, 6) is -0.902. The van der Waals surface area contributed by atoms with Crippen molar-refractivity contribution in [2.45, 2.75) is 32.1 Å². The minimum atomic E-state index is -4.74. The van der Waals surface area contributed by atoms with Crippen LogP contribution in [0.5, 0.6) is 5.75 Å². The Kier molecular flexibility index (Phi) is 6.43. The first-order valence-electron chi connectivity index (χ1n) is 9.57. The molecule has 0 radical (unpaired) electrons. The molecule has 0 bridgehead atoms. The molecule has 1 aliphatic rings. The maximum atomic E-state index is 13.1. The van der Waals surface area contributed by atoms with E-state index in [1.165, 1.54) is 12.1 Å². The Morgan fingerprint density at radius 3 is 2.16 bits per heavy atom. The topological polar surface area (TPSA) is 135 Å². The lowest BCUT2D eigenvalue weighted by molar-refractivity contribution is 0.102. The van der Waals surface area contributed by atoms with Crippen LogP contribution < -0.4 is 4.74 Å². The first-order chi connectivity index (χ1) is 14.8. The van der Waals surface area contributed by atoms with Crippen molar-refractivity contribution in [1.82, 2.24) is 0 Å². The number of aryl methyl sites for hydroxylation is 2. The Bertz CT molecular complexity index is 1350. The molecular weight excluding hydrogens is 456 g/mol. The summed E-state index contributed by atoms with van der Waals surface area (Å²) in [6.45, 7) is 5.27. The third kappa shape index (κ3) is 5.16. The van der Waals surface area contributed by atoms with Gasteiger partial charge in [-0.05, 0) is 62.2 Å². The summed E-state index contributed by atoms with van der Waals surface area (Å²) < 4.78 is 71.1. The molecule has 0 aliphatic heterocycles. The summed E-state index contributed by atoms with van der Waals surface area (Å²) in [5.41, 5.74) is 2.29. The van der Waals surface area contributed by atoms with E-state index in [-0.39, 0.29) is 34.2 Å². The summed E-state index contributed by atoms with van der Waals surface area (Å²) in [5, 5.41) is 0. The van der Waals surface area contributed by atoms with Gasteiger partial charge in [-0.3, -0.25) is 13.9 Å². The van der Waals surface area contributed by atoms with Gasteiger partial charge in [0, 0.05) is 17.1 Å². The standard InChI is InChI=1S/C22H22O8S2/c1-13-4-5-14(2)19(10-13)21(23)16-11-15(3)22(20(12-16)32(27,28)29)30-17-6-8-18(9-7-17)31(24,25)26/h4-10,12,15H,11H2,1-3H3,(H,24,25,26)(H,27,28,29). The minimum Gasteiger partial charge on any atom is -0.460 e. The maximum Gasteiger partial charge on any atom is 0.297 e. The van der Waals surface area contributed by atoms with Crippen molar-refractivity contribution >= 4 is 26.0 Å². The lowest BCUT2D eigenvalue weighted by Gasteiger charge is -2.24. The Balaban J connectivity index is 2.04. The van der Waals surface area contributed by atoms with Crippen LogP contribution in [0.2, 0.25) is 0 Å². The number of allylic oxidation sites excluding steroid dienone is 3. The molecule has 0 heterocycles. The van der Waals surface area contributed by atoms with Crippen LogP contribution in [0.25, 0.3) is 0 Å². The number of Topliss-reactive ketones (excluding diaryl/α,β-unsaturated/α-hetero) is 1.